The fourth-order valence-corrected chi connectivity index (χ4v) is 16.8. The van der Waals surface area contributed by atoms with Gasteiger partial charge in [0, 0.05) is 67.8 Å². The number of hydrogen-bond donors (Lipinski definition) is 13. The zero-order valence-electron chi connectivity index (χ0n) is 61.2. The van der Waals surface area contributed by atoms with Gasteiger partial charge in [0.1, 0.15) is 72.5 Å². The molecule has 54 nitrogen and oxygen atoms in total. The van der Waals surface area contributed by atoms with E-state index in [1.54, 1.807) is 0 Å². The predicted molar refractivity (Wildman–Crippen MR) is 380 cm³/mol. The van der Waals surface area contributed by atoms with Crippen molar-refractivity contribution in [1.82, 2.24) is 60.3 Å². The number of nitrogens with two attached hydrogens (primary N) is 2. The highest BCUT2D eigenvalue weighted by Gasteiger charge is 2.50. The van der Waals surface area contributed by atoms with Gasteiger partial charge in [-0.2, -0.15) is 0 Å². The van der Waals surface area contributed by atoms with Crippen molar-refractivity contribution in [2.75, 3.05) is 75.6 Å². The number of phosphoric ester groups is 6. The summed E-state index contributed by atoms with van der Waals surface area (Å²) in [6.07, 6.45) is -15.8. The second-order valence-electron chi connectivity index (χ2n) is 26.2. The Morgan fingerprint density at radius 1 is 0.581 bits per heavy atom. The lowest BCUT2D eigenvalue weighted by atomic mass is 9.87. The van der Waals surface area contributed by atoms with Crippen LogP contribution in [-0.4, -0.2) is 245 Å². The molecule has 0 aliphatic carbocycles. The Bertz CT molecular complexity index is 4460. The second-order valence-corrected chi connectivity index (χ2v) is 36.5. The van der Waals surface area contributed by atoms with Crippen molar-refractivity contribution >= 4 is 150 Å². The van der Waals surface area contributed by atoms with Gasteiger partial charge < -0.3 is 159 Å². The topological polar surface area (TPSA) is 876 Å². The summed E-state index contributed by atoms with van der Waals surface area (Å²) in [4.78, 5) is 213. The number of carboxylic acids is 2. The molecule has 2 fully saturated rings. The van der Waals surface area contributed by atoms with Crippen LogP contribution in [0.4, 0.5) is 11.6 Å². The quantitative estimate of drug-likeness (QED) is 0.0111. The molecule has 4 amide bonds. The van der Waals surface area contributed by atoms with E-state index in [-0.39, 0.29) is 104 Å². The number of fused-ring (bicyclic) bond motifs is 2. The van der Waals surface area contributed by atoms with E-state index in [0.29, 0.717) is 5.57 Å². The lowest BCUT2D eigenvalue weighted by Gasteiger charge is -2.36. The number of aliphatic hydroxyl groups excluding tert-OH is 4. The van der Waals surface area contributed by atoms with E-state index in [1.807, 2.05) is 0 Å². The number of thioether (sulfide) groups is 2. The van der Waals surface area contributed by atoms with Crippen LogP contribution in [0.5, 0.6) is 0 Å². The number of aliphatic carboxylic acids is 2. The number of nitrogens with zero attached hydrogens (tertiary/aromatic N) is 8. The number of aromatic nitrogens is 8. The number of imidazole rings is 2. The molecule has 2 aliphatic heterocycles. The second kappa shape index (κ2) is 44.5. The molecule has 0 spiro atoms. The largest absolute Gasteiger partial charge is 0.790 e. The molecule has 15 unspecified atom stereocenters. The Labute approximate surface area is 670 Å². The van der Waals surface area contributed by atoms with Gasteiger partial charge in [-0.1, -0.05) is 64.2 Å². The van der Waals surface area contributed by atoms with Crippen LogP contribution >= 0.6 is 70.5 Å². The Kier molecular flexibility index (Phi) is 39.9. The maximum absolute atomic E-state index is 12.5. The first kappa shape index (κ1) is 105. The number of carboxylic acid groups (broad SMARTS) is 2. The highest BCUT2D eigenvalue weighted by Crippen LogP contribution is 2.58. The SMILES string of the molecule is C.C/C(=C\C(=O)SCCNC(=O)CCNC(=O)C(O)C(C)(C)COP(=O)([O-])OP(=O)([O-])OCC1OC(n2cnc3c(N)ncnc32)C(O)C1OP(=O)([O-])[O-])CC(=O)O.CC(O)(CC(=O)O)CC(=O)SCCNC(=O)CCNC(=O)C(O)C(C)(C)COP(=O)([O-])OP(=O)([O-])OCC1OC(n2cnc3c(N)ncnc32)C(O)C1OP(=O)([O-])[O-].O. The van der Waals surface area contributed by atoms with Gasteiger partial charge in [0.2, 0.25) is 28.7 Å². The van der Waals surface area contributed by atoms with Crippen LogP contribution < -0.4 is 71.9 Å². The van der Waals surface area contributed by atoms with Gasteiger partial charge in [0.05, 0.1) is 73.2 Å². The summed E-state index contributed by atoms with van der Waals surface area (Å²) in [7, 11) is -35.3. The summed E-state index contributed by atoms with van der Waals surface area (Å²) in [5, 5.41) is 78.6. The predicted octanol–water partition coefficient (Wildman–Crippen LogP) is -7.88. The first-order valence-electron chi connectivity index (χ1n) is 32.7. The fourth-order valence-electron chi connectivity index (χ4n) is 9.81. The lowest BCUT2D eigenvalue weighted by molar-refractivity contribution is -0.348. The summed E-state index contributed by atoms with van der Waals surface area (Å²) in [6, 6.07) is 0. The minimum Gasteiger partial charge on any atom is -0.790 e. The normalized spacial score (nSPS) is 21.7. The minimum atomic E-state index is -5.94. The van der Waals surface area contributed by atoms with Crippen LogP contribution in [0.15, 0.2) is 37.0 Å². The van der Waals surface area contributed by atoms with E-state index in [2.05, 4.69) is 86.9 Å². The van der Waals surface area contributed by atoms with Crippen LogP contribution in [-0.2, 0) is 111 Å². The number of carbonyl (C=O) groups is 8. The molecule has 664 valence electrons. The Balaban J connectivity index is 0.000000595. The number of rotatable bonds is 45. The third-order valence-electron chi connectivity index (χ3n) is 15.3. The number of phosphoric acid groups is 6. The molecular formula is C55H84N14O40P6S2-8. The van der Waals surface area contributed by atoms with E-state index in [9.17, 15) is 130 Å². The van der Waals surface area contributed by atoms with Crippen LogP contribution in [0.3, 0.4) is 0 Å². The molecule has 6 rings (SSSR count). The fraction of sp³-hybridized carbons (Fsp3) is 0.636. The first-order valence-corrected chi connectivity index (χ1v) is 43.5. The first-order chi connectivity index (χ1) is 52.9. The average molecular weight is 1830 g/mol. The van der Waals surface area contributed by atoms with Gasteiger partial charge in [-0.15, -0.1) is 0 Å². The van der Waals surface area contributed by atoms with Gasteiger partial charge in [-0.25, -0.2) is 38.5 Å². The van der Waals surface area contributed by atoms with E-state index in [1.165, 1.54) is 33.8 Å². The van der Waals surface area contributed by atoms with Crippen molar-refractivity contribution in [3.63, 3.8) is 0 Å². The number of anilines is 2. The third-order valence-corrected chi connectivity index (χ3v) is 23.0. The van der Waals surface area contributed by atoms with Gasteiger partial charge in [0.15, 0.2) is 40.5 Å². The molecule has 0 aromatic carbocycles. The number of amides is 4. The minimum absolute atomic E-state index is 0. The number of nitrogens with one attached hydrogen (secondary N) is 4. The molecule has 4 aromatic heterocycles. The molecule has 6 heterocycles. The zero-order chi connectivity index (χ0) is 86.8. The molecule has 15 atom stereocenters. The number of carbonyl (C=O) groups excluding carboxylic acids is 6. The molecule has 2 aliphatic rings. The van der Waals surface area contributed by atoms with Crippen LogP contribution in [0.1, 0.15) is 93.5 Å². The van der Waals surface area contributed by atoms with E-state index < -0.39 is 210 Å². The highest BCUT2D eigenvalue weighted by atomic mass is 32.2. The number of aliphatic hydroxyl groups is 5. The lowest BCUT2D eigenvalue weighted by Crippen LogP contribution is -2.46. The number of nitrogen functional groups attached to an aromatic ring is 2. The Hall–Kier alpha value is -6.28. The molecule has 4 aromatic rings. The van der Waals surface area contributed by atoms with Crippen molar-refractivity contribution in [2.45, 2.75) is 148 Å². The summed E-state index contributed by atoms with van der Waals surface area (Å²) >= 11 is 1.60. The summed E-state index contributed by atoms with van der Waals surface area (Å²) in [6.45, 7) is 2.18. The van der Waals surface area contributed by atoms with Crippen molar-refractivity contribution < 1.29 is 191 Å². The molecule has 17 N–H and O–H groups in total. The van der Waals surface area contributed by atoms with Crippen LogP contribution in [0.2, 0.25) is 0 Å². The Morgan fingerprint density at radius 3 is 1.32 bits per heavy atom. The summed E-state index contributed by atoms with van der Waals surface area (Å²) in [5.41, 5.74) is 6.60. The zero-order valence-corrected chi connectivity index (χ0v) is 68.2. The maximum Gasteiger partial charge on any atom is 0.307 e. The summed E-state index contributed by atoms with van der Waals surface area (Å²) in [5.74, 6) is -5.53. The maximum atomic E-state index is 12.5. The highest BCUT2D eigenvalue weighted by molar-refractivity contribution is 8.14. The van der Waals surface area contributed by atoms with Crippen molar-refractivity contribution in [1.29, 1.82) is 0 Å². The van der Waals surface area contributed by atoms with Gasteiger partial charge in [-0.3, -0.25) is 65.8 Å². The molecule has 62 heteroatoms. The molecule has 2 saturated heterocycles. The molecular weight excluding hydrogens is 1750 g/mol. The summed E-state index contributed by atoms with van der Waals surface area (Å²) < 4.78 is 121. The van der Waals surface area contributed by atoms with Crippen molar-refractivity contribution in [3.05, 3.63) is 37.0 Å². The Morgan fingerprint density at radius 2 is 0.957 bits per heavy atom. The average Bonchev–Trinajstić information content (AvgIpc) is 1.62. The van der Waals surface area contributed by atoms with Gasteiger partial charge >= 0.3 is 11.9 Å². The number of hydrogen-bond acceptors (Lipinski definition) is 47. The molecule has 0 saturated carbocycles. The smallest absolute Gasteiger partial charge is 0.307 e. The number of ether oxygens (including phenoxy) is 2. The van der Waals surface area contributed by atoms with Gasteiger partial charge in [0.25, 0.3) is 31.3 Å². The van der Waals surface area contributed by atoms with Crippen LogP contribution in [0, 0.1) is 10.8 Å². The third kappa shape index (κ3) is 34.6. The van der Waals surface area contributed by atoms with E-state index >= 15 is 0 Å². The van der Waals surface area contributed by atoms with E-state index in [0.717, 1.165) is 71.8 Å². The van der Waals surface area contributed by atoms with Crippen LogP contribution in [0.25, 0.3) is 22.3 Å². The van der Waals surface area contributed by atoms with Crippen molar-refractivity contribution in [3.8, 4) is 0 Å². The molecule has 117 heavy (non-hydrogen) atoms. The standard InChI is InChI=1S/C27H44N7O20P3S.C27H42N7O19P3S.CH4.H2O/c1-26(2,21(40)24(41)30-5-4-15(35)29-6-7-58-17(38)9-27(3,42)8-16(36)37)11-51-57(48,49)54-56(46,47)50-10-14-20(53-55(43,44)45)19(39)25(52-14)34-13-33-18-22(28)31-12-32-23(18)34;1-14(8-17(36)37)9-18(38)57-7-6-29-16(35)4-5-30-25(41)22(40)27(2,3)11-50-56(47,48)53-55(45,46)49-10-15-21(52-54(42,43)44)20(39)26(51-15)34-13-33-19-23(28)31-12-32-24(19)34;;/h12-14,19-21,25,39-40,42H,4-11H2,1-3H3,(H,29,35)(H,30,41)(H,36,37)(H,46,47)(H,48,49)(H2,28,31,32)(H2,43,44,45);9,12-13,15,20-22,26,39-40H,4-8,10-11H2,1-3H3,(H,29,35)(H,30,41)(H,36,37)(H,45,46)(H,47,48)(H2,28,31,32)(H2,42,43,44);1H4;1H2/p-8/b;14-9+;;. The van der Waals surface area contributed by atoms with E-state index in [4.69, 9.17) is 31.2 Å². The molecule has 0 bridgehead atoms. The van der Waals surface area contributed by atoms with Crippen molar-refractivity contribution in [2.24, 2.45) is 10.8 Å². The van der Waals surface area contributed by atoms with Gasteiger partial charge in [-0.05, 0) is 19.9 Å². The molecule has 0 radical (unpaired) electrons. The monoisotopic (exact) mass is 1830 g/mol.